The summed E-state index contributed by atoms with van der Waals surface area (Å²) in [6, 6.07) is 24.4. The summed E-state index contributed by atoms with van der Waals surface area (Å²) in [6.45, 7) is 1.69. The van der Waals surface area contributed by atoms with Crippen LogP contribution in [0.25, 0.3) is 0 Å². The largest absolute Gasteiger partial charge is 0.508 e. The number of nitrogens with zero attached hydrogens (tertiary/aromatic N) is 1. The van der Waals surface area contributed by atoms with Crippen molar-refractivity contribution < 1.29 is 9.90 Å². The molecule has 0 heterocycles. The Balaban J connectivity index is 1.57. The topological polar surface area (TPSA) is 52.6 Å². The molecular formula is C22H22N2O2. The Kier molecular flexibility index (Phi) is 5.66. The number of phenolic OH excluding ortho intramolecular Hbond substituents is 1. The predicted octanol–water partition coefficient (Wildman–Crippen LogP) is 4.28. The summed E-state index contributed by atoms with van der Waals surface area (Å²) >= 11 is 0. The lowest BCUT2D eigenvalue weighted by Crippen LogP contribution is -2.17. The van der Waals surface area contributed by atoms with Gasteiger partial charge >= 0.3 is 0 Å². The van der Waals surface area contributed by atoms with Crippen LogP contribution in [0.15, 0.2) is 78.9 Å². The molecule has 0 aliphatic carbocycles. The second kappa shape index (κ2) is 8.32. The zero-order valence-corrected chi connectivity index (χ0v) is 14.7. The van der Waals surface area contributed by atoms with E-state index in [1.54, 1.807) is 24.3 Å². The molecule has 0 radical (unpaired) electrons. The van der Waals surface area contributed by atoms with Crippen molar-refractivity contribution in [1.29, 1.82) is 0 Å². The predicted molar refractivity (Wildman–Crippen MR) is 104 cm³/mol. The zero-order chi connectivity index (χ0) is 18.4. The number of nitrogens with one attached hydrogen (secondary N) is 1. The fraction of sp³-hybridized carbons (Fsp3) is 0.136. The molecule has 1 amide bonds. The first-order valence-corrected chi connectivity index (χ1v) is 8.52. The van der Waals surface area contributed by atoms with Gasteiger partial charge < -0.3 is 10.4 Å². The van der Waals surface area contributed by atoms with E-state index in [1.165, 1.54) is 5.56 Å². The SMILES string of the molecule is CN(Cc1ccccc1)Cc1ccc(C(=O)Nc2ccc(O)cc2)cc1. The van der Waals surface area contributed by atoms with E-state index >= 15 is 0 Å². The normalized spacial score (nSPS) is 10.7. The van der Waals surface area contributed by atoms with Crippen LogP contribution in [0.5, 0.6) is 5.75 Å². The lowest BCUT2D eigenvalue weighted by molar-refractivity contribution is 0.102. The van der Waals surface area contributed by atoms with Gasteiger partial charge in [-0.15, -0.1) is 0 Å². The molecule has 132 valence electrons. The van der Waals surface area contributed by atoms with Crippen molar-refractivity contribution in [3.05, 3.63) is 95.6 Å². The van der Waals surface area contributed by atoms with E-state index in [1.807, 2.05) is 42.5 Å². The minimum absolute atomic E-state index is 0.167. The van der Waals surface area contributed by atoms with E-state index in [0.29, 0.717) is 11.3 Å². The first-order valence-electron chi connectivity index (χ1n) is 8.52. The molecule has 4 nitrogen and oxygen atoms in total. The van der Waals surface area contributed by atoms with Crippen LogP contribution < -0.4 is 5.32 Å². The van der Waals surface area contributed by atoms with Crippen LogP contribution in [0.2, 0.25) is 0 Å². The summed E-state index contributed by atoms with van der Waals surface area (Å²) in [6.07, 6.45) is 0. The summed E-state index contributed by atoms with van der Waals surface area (Å²) < 4.78 is 0. The lowest BCUT2D eigenvalue weighted by atomic mass is 10.1. The highest BCUT2D eigenvalue weighted by Gasteiger charge is 2.07. The Morgan fingerprint density at radius 1 is 0.846 bits per heavy atom. The molecule has 0 aliphatic heterocycles. The van der Waals surface area contributed by atoms with Crippen LogP contribution in [-0.2, 0) is 13.1 Å². The summed E-state index contributed by atoms with van der Waals surface area (Å²) in [4.78, 5) is 14.5. The van der Waals surface area contributed by atoms with Crippen molar-refractivity contribution in [2.75, 3.05) is 12.4 Å². The van der Waals surface area contributed by atoms with Crippen molar-refractivity contribution in [3.8, 4) is 5.75 Å². The van der Waals surface area contributed by atoms with Crippen molar-refractivity contribution >= 4 is 11.6 Å². The van der Waals surface area contributed by atoms with Gasteiger partial charge in [-0.05, 0) is 54.6 Å². The standard InChI is InChI=1S/C22H22N2O2/c1-24(15-17-5-3-2-4-6-17)16-18-7-9-19(10-8-18)22(26)23-20-11-13-21(25)14-12-20/h2-14,25H,15-16H2,1H3,(H,23,26). The molecule has 0 bridgehead atoms. The number of carbonyl (C=O) groups is 1. The number of aromatic hydroxyl groups is 1. The fourth-order valence-corrected chi connectivity index (χ4v) is 2.77. The summed E-state index contributed by atoms with van der Waals surface area (Å²) in [5.74, 6) is 0.00635. The molecule has 0 atom stereocenters. The van der Waals surface area contributed by atoms with Crippen LogP contribution >= 0.6 is 0 Å². The molecule has 4 heteroatoms. The van der Waals surface area contributed by atoms with E-state index in [9.17, 15) is 9.90 Å². The Labute approximate surface area is 153 Å². The fourth-order valence-electron chi connectivity index (χ4n) is 2.77. The third-order valence-corrected chi connectivity index (χ3v) is 4.09. The second-order valence-corrected chi connectivity index (χ2v) is 6.36. The van der Waals surface area contributed by atoms with Gasteiger partial charge in [-0.25, -0.2) is 0 Å². The van der Waals surface area contributed by atoms with Crippen LogP contribution in [0.4, 0.5) is 5.69 Å². The highest BCUT2D eigenvalue weighted by Crippen LogP contribution is 2.15. The van der Waals surface area contributed by atoms with Crippen LogP contribution in [-0.4, -0.2) is 23.0 Å². The summed E-state index contributed by atoms with van der Waals surface area (Å²) in [5.41, 5.74) is 3.69. The molecule has 3 aromatic rings. The quantitative estimate of drug-likeness (QED) is 0.655. The summed E-state index contributed by atoms with van der Waals surface area (Å²) in [7, 11) is 2.08. The van der Waals surface area contributed by atoms with Crippen LogP contribution in [0, 0.1) is 0 Å². The van der Waals surface area contributed by atoms with E-state index in [2.05, 4.69) is 29.4 Å². The molecule has 0 aromatic heterocycles. The van der Waals surface area contributed by atoms with Gasteiger partial charge in [-0.2, -0.15) is 0 Å². The molecule has 0 saturated carbocycles. The molecule has 0 saturated heterocycles. The molecule has 0 fully saturated rings. The van der Waals surface area contributed by atoms with Crippen molar-refractivity contribution in [1.82, 2.24) is 4.90 Å². The number of anilines is 1. The van der Waals surface area contributed by atoms with Gasteiger partial charge in [0.05, 0.1) is 0 Å². The van der Waals surface area contributed by atoms with Gasteiger partial charge in [0, 0.05) is 24.3 Å². The van der Waals surface area contributed by atoms with E-state index in [4.69, 9.17) is 0 Å². The van der Waals surface area contributed by atoms with Gasteiger partial charge in [-0.3, -0.25) is 9.69 Å². The van der Waals surface area contributed by atoms with Gasteiger partial charge in [0.15, 0.2) is 0 Å². The highest BCUT2D eigenvalue weighted by molar-refractivity contribution is 6.04. The molecule has 3 aromatic carbocycles. The van der Waals surface area contributed by atoms with Gasteiger partial charge in [0.25, 0.3) is 5.91 Å². The molecule has 0 unspecified atom stereocenters. The third-order valence-electron chi connectivity index (χ3n) is 4.09. The van der Waals surface area contributed by atoms with E-state index in [0.717, 1.165) is 18.7 Å². The summed E-state index contributed by atoms with van der Waals surface area (Å²) in [5, 5.41) is 12.1. The van der Waals surface area contributed by atoms with Crippen LogP contribution in [0.3, 0.4) is 0 Å². The van der Waals surface area contributed by atoms with E-state index < -0.39 is 0 Å². The zero-order valence-electron chi connectivity index (χ0n) is 14.7. The average molecular weight is 346 g/mol. The second-order valence-electron chi connectivity index (χ2n) is 6.36. The molecule has 0 aliphatic rings. The monoisotopic (exact) mass is 346 g/mol. The first-order chi connectivity index (χ1) is 12.6. The number of phenols is 1. The van der Waals surface area contributed by atoms with Gasteiger partial charge in [0.2, 0.25) is 0 Å². The number of hydrogen-bond acceptors (Lipinski definition) is 3. The number of hydrogen-bond donors (Lipinski definition) is 2. The first kappa shape index (κ1) is 17.7. The molecule has 0 spiro atoms. The molecular weight excluding hydrogens is 324 g/mol. The number of carbonyl (C=O) groups excluding carboxylic acids is 1. The molecule has 26 heavy (non-hydrogen) atoms. The molecule has 2 N–H and O–H groups in total. The van der Waals surface area contributed by atoms with Crippen molar-refractivity contribution in [2.45, 2.75) is 13.1 Å². The minimum Gasteiger partial charge on any atom is -0.508 e. The maximum atomic E-state index is 12.3. The number of rotatable bonds is 6. The third kappa shape index (κ3) is 4.94. The maximum Gasteiger partial charge on any atom is 0.255 e. The Morgan fingerprint density at radius 3 is 2.04 bits per heavy atom. The van der Waals surface area contributed by atoms with Crippen molar-refractivity contribution in [3.63, 3.8) is 0 Å². The highest BCUT2D eigenvalue weighted by atomic mass is 16.3. The Hall–Kier alpha value is -3.11. The maximum absolute atomic E-state index is 12.3. The number of amides is 1. The van der Waals surface area contributed by atoms with Gasteiger partial charge in [-0.1, -0.05) is 42.5 Å². The van der Waals surface area contributed by atoms with E-state index in [-0.39, 0.29) is 11.7 Å². The minimum atomic E-state index is -0.167. The lowest BCUT2D eigenvalue weighted by Gasteiger charge is -2.17. The Bertz CT molecular complexity index is 844. The Morgan fingerprint density at radius 2 is 1.42 bits per heavy atom. The van der Waals surface area contributed by atoms with Gasteiger partial charge in [0.1, 0.15) is 5.75 Å². The van der Waals surface area contributed by atoms with Crippen LogP contribution in [0.1, 0.15) is 21.5 Å². The van der Waals surface area contributed by atoms with Crippen molar-refractivity contribution in [2.24, 2.45) is 0 Å². The average Bonchev–Trinajstić information content (AvgIpc) is 2.65. The molecule has 3 rings (SSSR count). The number of benzene rings is 3. The smallest absolute Gasteiger partial charge is 0.255 e.